The number of rotatable bonds is 6. The van der Waals surface area contributed by atoms with Crippen LogP contribution in [0.2, 0.25) is 0 Å². The molecule has 1 heterocycles. The van der Waals surface area contributed by atoms with Gasteiger partial charge in [0, 0.05) is 11.4 Å². The summed E-state index contributed by atoms with van der Waals surface area (Å²) < 4.78 is 0. The summed E-state index contributed by atoms with van der Waals surface area (Å²) in [6.07, 6.45) is 1.93. The molecule has 0 aliphatic heterocycles. The summed E-state index contributed by atoms with van der Waals surface area (Å²) in [4.78, 5) is 20.3. The van der Waals surface area contributed by atoms with Gasteiger partial charge in [0.25, 0.3) is 0 Å². The van der Waals surface area contributed by atoms with Crippen molar-refractivity contribution in [2.75, 3.05) is 12.0 Å². The van der Waals surface area contributed by atoms with Gasteiger partial charge in [0.15, 0.2) is 5.16 Å². The Balaban J connectivity index is 2.53. The van der Waals surface area contributed by atoms with Gasteiger partial charge >= 0.3 is 0 Å². The van der Waals surface area contributed by atoms with E-state index >= 15 is 0 Å². The Bertz CT molecular complexity index is 503. The van der Waals surface area contributed by atoms with Crippen LogP contribution >= 0.6 is 23.5 Å². The van der Waals surface area contributed by atoms with E-state index < -0.39 is 0 Å². The maximum atomic E-state index is 11.7. The van der Waals surface area contributed by atoms with E-state index in [9.17, 15) is 4.79 Å². The second-order valence-electron chi connectivity index (χ2n) is 4.57. The molecule has 0 aliphatic rings. The van der Waals surface area contributed by atoms with Crippen LogP contribution in [0.3, 0.4) is 0 Å². The summed E-state index contributed by atoms with van der Waals surface area (Å²) in [7, 11) is 0. The summed E-state index contributed by atoms with van der Waals surface area (Å²) in [5.41, 5.74) is 4.37. The number of aryl methyl sites for hydroxylation is 1. The Labute approximate surface area is 128 Å². The maximum absolute atomic E-state index is 11.7. The van der Waals surface area contributed by atoms with Crippen LogP contribution in [-0.2, 0) is 4.79 Å². The van der Waals surface area contributed by atoms with Crippen LogP contribution in [-0.4, -0.2) is 33.6 Å². The molecule has 20 heavy (non-hydrogen) atoms. The lowest BCUT2D eigenvalue weighted by atomic mass is 10.1. The molecule has 0 saturated heterocycles. The molecule has 0 aromatic carbocycles. The molecule has 110 valence electrons. The van der Waals surface area contributed by atoms with Crippen molar-refractivity contribution in [3.8, 4) is 0 Å². The topological polar surface area (TPSA) is 67.2 Å². The standard InChI is InChI=1S/C13H20N4OS2/c1-8(2)10(4)16-17-11(18)7-20-12-6-9(3)14-13(15-12)19-5/h6,8H,7H2,1-5H3,(H,17,18). The molecule has 0 atom stereocenters. The van der Waals surface area contributed by atoms with Gasteiger partial charge < -0.3 is 0 Å². The molecule has 1 rings (SSSR count). The maximum Gasteiger partial charge on any atom is 0.250 e. The predicted octanol–water partition coefficient (Wildman–Crippen LogP) is 2.75. The van der Waals surface area contributed by atoms with Crippen molar-refractivity contribution in [1.82, 2.24) is 15.4 Å². The molecule has 1 aromatic rings. The minimum absolute atomic E-state index is 0.128. The Morgan fingerprint density at radius 3 is 2.75 bits per heavy atom. The Morgan fingerprint density at radius 2 is 2.15 bits per heavy atom. The quantitative estimate of drug-likeness (QED) is 0.288. The van der Waals surface area contributed by atoms with Crippen molar-refractivity contribution in [2.45, 2.75) is 37.9 Å². The van der Waals surface area contributed by atoms with Gasteiger partial charge in [0.2, 0.25) is 5.91 Å². The fraction of sp³-hybridized carbons (Fsp3) is 0.538. The summed E-state index contributed by atoms with van der Waals surface area (Å²) in [6.45, 7) is 7.89. The molecule has 0 saturated carbocycles. The third-order valence-corrected chi connectivity index (χ3v) is 4.00. The van der Waals surface area contributed by atoms with Gasteiger partial charge in [-0.1, -0.05) is 37.4 Å². The number of hydrazone groups is 1. The van der Waals surface area contributed by atoms with Gasteiger partial charge in [-0.3, -0.25) is 4.79 Å². The highest BCUT2D eigenvalue weighted by Gasteiger charge is 2.06. The number of nitrogens with zero attached hydrogens (tertiary/aromatic N) is 3. The highest BCUT2D eigenvalue weighted by molar-refractivity contribution is 8.00. The average molecular weight is 312 g/mol. The molecule has 0 spiro atoms. The second-order valence-corrected chi connectivity index (χ2v) is 6.33. The summed E-state index contributed by atoms with van der Waals surface area (Å²) in [5, 5.41) is 5.58. The van der Waals surface area contributed by atoms with Gasteiger partial charge in [-0.15, -0.1) is 0 Å². The predicted molar refractivity (Wildman–Crippen MR) is 85.4 cm³/mol. The summed E-state index contributed by atoms with van der Waals surface area (Å²) in [5.74, 6) is 0.493. The van der Waals surface area contributed by atoms with Crippen LogP contribution in [0, 0.1) is 12.8 Å². The van der Waals surface area contributed by atoms with Crippen LogP contribution in [0.25, 0.3) is 0 Å². The first-order chi connectivity index (χ1) is 9.42. The molecule has 0 radical (unpaired) electrons. The second kappa shape index (κ2) is 8.26. The smallest absolute Gasteiger partial charge is 0.250 e. The zero-order valence-corrected chi connectivity index (χ0v) is 14.1. The minimum atomic E-state index is -0.128. The molecule has 7 heteroatoms. The summed E-state index contributed by atoms with van der Waals surface area (Å²) in [6, 6.07) is 1.88. The third-order valence-electron chi connectivity index (χ3n) is 2.54. The van der Waals surface area contributed by atoms with Gasteiger partial charge in [-0.2, -0.15) is 5.10 Å². The van der Waals surface area contributed by atoms with E-state index in [0.29, 0.717) is 11.7 Å². The number of hydrogen-bond acceptors (Lipinski definition) is 6. The molecule has 0 bridgehead atoms. The van der Waals surface area contributed by atoms with Gasteiger partial charge in [0.05, 0.1) is 5.75 Å². The molecule has 1 amide bonds. The monoisotopic (exact) mass is 312 g/mol. The largest absolute Gasteiger partial charge is 0.272 e. The van der Waals surface area contributed by atoms with Crippen molar-refractivity contribution in [3.63, 3.8) is 0 Å². The third kappa shape index (κ3) is 5.92. The molecule has 0 unspecified atom stereocenters. The first-order valence-corrected chi connectivity index (χ1v) is 8.49. The van der Waals surface area contributed by atoms with Crippen molar-refractivity contribution in [3.05, 3.63) is 11.8 Å². The van der Waals surface area contributed by atoms with Crippen molar-refractivity contribution in [2.24, 2.45) is 11.0 Å². The van der Waals surface area contributed by atoms with Crippen LogP contribution in [0.15, 0.2) is 21.4 Å². The number of thioether (sulfide) groups is 2. The van der Waals surface area contributed by atoms with E-state index in [1.54, 1.807) is 0 Å². The zero-order chi connectivity index (χ0) is 15.1. The normalized spacial score (nSPS) is 11.8. The Kier molecular flexibility index (Phi) is 7.01. The number of nitrogens with one attached hydrogen (secondary N) is 1. The lowest BCUT2D eigenvalue weighted by Crippen LogP contribution is -2.22. The summed E-state index contributed by atoms with van der Waals surface area (Å²) >= 11 is 2.88. The molecule has 1 N–H and O–H groups in total. The van der Waals surface area contributed by atoms with Crippen LogP contribution in [0.4, 0.5) is 0 Å². The molecule has 0 aliphatic carbocycles. The fourth-order valence-electron chi connectivity index (χ4n) is 1.13. The molecular formula is C13H20N4OS2. The van der Waals surface area contributed by atoms with Crippen molar-refractivity contribution < 1.29 is 4.79 Å². The number of carbonyl (C=O) groups is 1. The Hall–Kier alpha value is -1.08. The van der Waals surface area contributed by atoms with Gasteiger partial charge in [0.1, 0.15) is 5.03 Å². The molecule has 5 nitrogen and oxygen atoms in total. The van der Waals surface area contributed by atoms with E-state index in [1.165, 1.54) is 23.5 Å². The molecule has 0 fully saturated rings. The molecular weight excluding hydrogens is 292 g/mol. The lowest BCUT2D eigenvalue weighted by molar-refractivity contribution is -0.118. The zero-order valence-electron chi connectivity index (χ0n) is 12.4. The fourth-order valence-corrected chi connectivity index (χ4v) is 2.36. The van der Waals surface area contributed by atoms with E-state index in [2.05, 4.69) is 20.5 Å². The van der Waals surface area contributed by atoms with Crippen LogP contribution in [0.1, 0.15) is 26.5 Å². The van der Waals surface area contributed by atoms with E-state index in [-0.39, 0.29) is 5.91 Å². The molecule has 1 aromatic heterocycles. The van der Waals surface area contributed by atoms with E-state index in [4.69, 9.17) is 0 Å². The van der Waals surface area contributed by atoms with Crippen LogP contribution < -0.4 is 5.43 Å². The number of carbonyl (C=O) groups excluding carboxylic acids is 1. The first kappa shape index (κ1) is 17.0. The lowest BCUT2D eigenvalue weighted by Gasteiger charge is -2.05. The van der Waals surface area contributed by atoms with Crippen LogP contribution in [0.5, 0.6) is 0 Å². The number of amides is 1. The van der Waals surface area contributed by atoms with Crippen molar-refractivity contribution >= 4 is 35.1 Å². The van der Waals surface area contributed by atoms with Gasteiger partial charge in [-0.25, -0.2) is 15.4 Å². The highest BCUT2D eigenvalue weighted by atomic mass is 32.2. The minimum Gasteiger partial charge on any atom is -0.272 e. The number of aromatic nitrogens is 2. The van der Waals surface area contributed by atoms with E-state index in [1.807, 2.05) is 40.0 Å². The average Bonchev–Trinajstić information content (AvgIpc) is 2.41. The highest BCUT2D eigenvalue weighted by Crippen LogP contribution is 2.19. The van der Waals surface area contributed by atoms with Gasteiger partial charge in [-0.05, 0) is 32.1 Å². The first-order valence-electron chi connectivity index (χ1n) is 6.28. The van der Waals surface area contributed by atoms with E-state index in [0.717, 1.165) is 21.6 Å². The Morgan fingerprint density at radius 1 is 1.45 bits per heavy atom. The van der Waals surface area contributed by atoms with Crippen molar-refractivity contribution in [1.29, 1.82) is 0 Å². The SMILES string of the molecule is CSc1nc(C)cc(SCC(=O)NN=C(C)C(C)C)n1. The number of hydrogen-bond donors (Lipinski definition) is 1.